The van der Waals surface area contributed by atoms with Crippen LogP contribution in [0.2, 0.25) is 0 Å². The van der Waals surface area contributed by atoms with E-state index in [4.69, 9.17) is 9.47 Å². The van der Waals surface area contributed by atoms with E-state index in [1.54, 1.807) is 0 Å². The molecule has 1 aliphatic carbocycles. The van der Waals surface area contributed by atoms with Crippen LogP contribution in [0.1, 0.15) is 19.8 Å². The standard InChI is InChI=1S/C15H18O2/c1-13-6-5-9-15(12-13)17-11-10-16-14-7-3-2-4-8-14/h2-4,6-8,12H,5,9-11H2,1H3. The summed E-state index contributed by atoms with van der Waals surface area (Å²) in [7, 11) is 0. The van der Waals surface area contributed by atoms with E-state index in [0.717, 1.165) is 24.4 Å². The zero-order chi connectivity index (χ0) is 11.9. The predicted octanol–water partition coefficient (Wildman–Crippen LogP) is 3.71. The van der Waals surface area contributed by atoms with E-state index in [2.05, 4.69) is 19.1 Å². The number of rotatable bonds is 5. The molecular weight excluding hydrogens is 212 g/mol. The van der Waals surface area contributed by atoms with Crippen molar-refractivity contribution in [2.24, 2.45) is 0 Å². The Morgan fingerprint density at radius 3 is 2.59 bits per heavy atom. The van der Waals surface area contributed by atoms with Gasteiger partial charge in [0.1, 0.15) is 19.0 Å². The third-order valence-corrected chi connectivity index (χ3v) is 2.63. The first-order valence-corrected chi connectivity index (χ1v) is 6.02. The van der Waals surface area contributed by atoms with Crippen molar-refractivity contribution in [2.75, 3.05) is 13.2 Å². The van der Waals surface area contributed by atoms with Crippen LogP contribution < -0.4 is 4.74 Å². The molecule has 0 amide bonds. The molecule has 1 aliphatic rings. The normalized spacial score (nSPS) is 14.9. The van der Waals surface area contributed by atoms with Crippen LogP contribution in [0.3, 0.4) is 0 Å². The Morgan fingerprint density at radius 1 is 1.06 bits per heavy atom. The van der Waals surface area contributed by atoms with Crippen LogP contribution in [-0.4, -0.2) is 13.2 Å². The first-order valence-electron chi connectivity index (χ1n) is 6.02. The van der Waals surface area contributed by atoms with Gasteiger partial charge in [-0.1, -0.05) is 29.8 Å². The van der Waals surface area contributed by atoms with Crippen LogP contribution in [0.5, 0.6) is 5.75 Å². The molecule has 0 bridgehead atoms. The Bertz CT molecular complexity index is 404. The van der Waals surface area contributed by atoms with Crippen molar-refractivity contribution >= 4 is 0 Å². The molecule has 0 saturated carbocycles. The maximum atomic E-state index is 5.67. The van der Waals surface area contributed by atoms with Gasteiger partial charge >= 0.3 is 0 Å². The SMILES string of the molecule is CC1=CCCC(OCCOc2ccccc2)=C1. The van der Waals surface area contributed by atoms with Gasteiger partial charge in [0.05, 0.1) is 5.76 Å². The molecule has 2 rings (SSSR count). The van der Waals surface area contributed by atoms with Gasteiger partial charge < -0.3 is 9.47 Å². The van der Waals surface area contributed by atoms with Gasteiger partial charge in [-0.25, -0.2) is 0 Å². The molecule has 0 N–H and O–H groups in total. The van der Waals surface area contributed by atoms with Gasteiger partial charge in [-0.3, -0.25) is 0 Å². The lowest BCUT2D eigenvalue weighted by molar-refractivity contribution is 0.149. The van der Waals surface area contributed by atoms with Crippen LogP contribution in [0.4, 0.5) is 0 Å². The predicted molar refractivity (Wildman–Crippen MR) is 69.0 cm³/mol. The topological polar surface area (TPSA) is 18.5 Å². The summed E-state index contributed by atoms with van der Waals surface area (Å²) in [5, 5.41) is 0. The van der Waals surface area contributed by atoms with Gasteiger partial charge in [0, 0.05) is 6.42 Å². The highest BCUT2D eigenvalue weighted by atomic mass is 16.5. The van der Waals surface area contributed by atoms with Gasteiger partial charge in [0.15, 0.2) is 0 Å². The van der Waals surface area contributed by atoms with Crippen LogP contribution in [-0.2, 0) is 4.74 Å². The molecule has 0 aromatic heterocycles. The van der Waals surface area contributed by atoms with Crippen molar-refractivity contribution < 1.29 is 9.47 Å². The summed E-state index contributed by atoms with van der Waals surface area (Å²) in [4.78, 5) is 0. The van der Waals surface area contributed by atoms with E-state index in [0.29, 0.717) is 13.2 Å². The quantitative estimate of drug-likeness (QED) is 0.718. The Hall–Kier alpha value is -1.70. The van der Waals surface area contributed by atoms with Gasteiger partial charge in [-0.15, -0.1) is 0 Å². The summed E-state index contributed by atoms with van der Waals surface area (Å²) in [5.74, 6) is 1.96. The Morgan fingerprint density at radius 2 is 1.82 bits per heavy atom. The van der Waals surface area contributed by atoms with Gasteiger partial charge in [0.25, 0.3) is 0 Å². The first kappa shape index (κ1) is 11.8. The zero-order valence-corrected chi connectivity index (χ0v) is 10.2. The molecule has 0 atom stereocenters. The van der Waals surface area contributed by atoms with Crippen LogP contribution in [0, 0.1) is 0 Å². The Balaban J connectivity index is 1.69. The largest absolute Gasteiger partial charge is 0.494 e. The minimum Gasteiger partial charge on any atom is -0.494 e. The van der Waals surface area contributed by atoms with E-state index in [-0.39, 0.29) is 0 Å². The molecule has 0 heterocycles. The number of hydrogen-bond acceptors (Lipinski definition) is 2. The molecule has 0 saturated heterocycles. The molecular formula is C15H18O2. The molecule has 2 nitrogen and oxygen atoms in total. The average Bonchev–Trinajstić information content (AvgIpc) is 2.36. The third-order valence-electron chi connectivity index (χ3n) is 2.63. The maximum Gasteiger partial charge on any atom is 0.122 e. The number of benzene rings is 1. The summed E-state index contributed by atoms with van der Waals surface area (Å²) < 4.78 is 11.2. The Labute approximate surface area is 103 Å². The number of para-hydroxylation sites is 1. The second-order valence-corrected chi connectivity index (χ2v) is 4.11. The van der Waals surface area contributed by atoms with E-state index < -0.39 is 0 Å². The lowest BCUT2D eigenvalue weighted by Crippen LogP contribution is -2.07. The van der Waals surface area contributed by atoms with E-state index in [9.17, 15) is 0 Å². The van der Waals surface area contributed by atoms with Crippen molar-refractivity contribution in [3.8, 4) is 5.75 Å². The van der Waals surface area contributed by atoms with Gasteiger partial charge in [-0.05, 0) is 31.6 Å². The summed E-state index contributed by atoms with van der Waals surface area (Å²) in [5.41, 5.74) is 1.29. The monoisotopic (exact) mass is 230 g/mol. The molecule has 90 valence electrons. The van der Waals surface area contributed by atoms with Crippen molar-refractivity contribution in [3.63, 3.8) is 0 Å². The minimum absolute atomic E-state index is 0.587. The van der Waals surface area contributed by atoms with Crippen molar-refractivity contribution in [2.45, 2.75) is 19.8 Å². The minimum atomic E-state index is 0.587. The second kappa shape index (κ2) is 6.14. The second-order valence-electron chi connectivity index (χ2n) is 4.11. The maximum absolute atomic E-state index is 5.67. The fourth-order valence-corrected chi connectivity index (χ4v) is 1.79. The fraction of sp³-hybridized carbons (Fsp3) is 0.333. The molecule has 0 unspecified atom stereocenters. The third kappa shape index (κ3) is 3.99. The summed E-state index contributed by atoms with van der Waals surface area (Å²) in [6, 6.07) is 9.81. The highest BCUT2D eigenvalue weighted by Crippen LogP contribution is 2.17. The number of allylic oxidation sites excluding steroid dienone is 4. The van der Waals surface area contributed by atoms with Crippen LogP contribution >= 0.6 is 0 Å². The molecule has 0 aliphatic heterocycles. The van der Waals surface area contributed by atoms with Crippen LogP contribution in [0.25, 0.3) is 0 Å². The van der Waals surface area contributed by atoms with E-state index in [1.165, 1.54) is 5.57 Å². The van der Waals surface area contributed by atoms with E-state index >= 15 is 0 Å². The first-order chi connectivity index (χ1) is 8.34. The number of ether oxygens (including phenoxy) is 2. The molecule has 1 aromatic carbocycles. The highest BCUT2D eigenvalue weighted by molar-refractivity contribution is 5.23. The lowest BCUT2D eigenvalue weighted by Gasteiger charge is -2.14. The molecule has 1 aromatic rings. The molecule has 0 fully saturated rings. The van der Waals surface area contributed by atoms with E-state index in [1.807, 2.05) is 30.3 Å². The zero-order valence-electron chi connectivity index (χ0n) is 10.2. The van der Waals surface area contributed by atoms with Crippen molar-refractivity contribution in [3.05, 3.63) is 53.8 Å². The van der Waals surface area contributed by atoms with Gasteiger partial charge in [-0.2, -0.15) is 0 Å². The average molecular weight is 230 g/mol. The van der Waals surface area contributed by atoms with Gasteiger partial charge in [0.2, 0.25) is 0 Å². The highest BCUT2D eigenvalue weighted by Gasteiger charge is 2.03. The molecule has 0 spiro atoms. The smallest absolute Gasteiger partial charge is 0.122 e. The van der Waals surface area contributed by atoms with Crippen molar-refractivity contribution in [1.29, 1.82) is 0 Å². The molecule has 2 heteroatoms. The van der Waals surface area contributed by atoms with Crippen molar-refractivity contribution in [1.82, 2.24) is 0 Å². The molecule has 17 heavy (non-hydrogen) atoms. The Kier molecular flexibility index (Phi) is 4.25. The van der Waals surface area contributed by atoms with Crippen LogP contribution in [0.15, 0.2) is 53.8 Å². The fourth-order valence-electron chi connectivity index (χ4n) is 1.79. The lowest BCUT2D eigenvalue weighted by atomic mass is 10.1. The number of hydrogen-bond donors (Lipinski definition) is 0. The molecule has 0 radical (unpaired) electrons. The summed E-state index contributed by atoms with van der Waals surface area (Å²) in [6.07, 6.45) is 6.42. The summed E-state index contributed by atoms with van der Waals surface area (Å²) >= 11 is 0. The summed E-state index contributed by atoms with van der Waals surface area (Å²) in [6.45, 7) is 3.29.